The van der Waals surface area contributed by atoms with E-state index >= 15 is 0 Å². The molecule has 0 bridgehead atoms. The van der Waals surface area contributed by atoms with Crippen LogP contribution in [0.1, 0.15) is 12.8 Å². The maximum atomic E-state index is 11.2. The van der Waals surface area contributed by atoms with E-state index in [-0.39, 0.29) is 59.1 Å². The van der Waals surface area contributed by atoms with Gasteiger partial charge in [0.15, 0.2) is 12.2 Å². The molecule has 0 aromatic rings. The molecule has 0 aliphatic carbocycles. The van der Waals surface area contributed by atoms with E-state index in [2.05, 4.69) is 9.47 Å². The van der Waals surface area contributed by atoms with Crippen LogP contribution in [0.4, 0.5) is 0 Å². The zero-order chi connectivity index (χ0) is 20.6. The largest absolute Gasteiger partial charge is 1.00 e. The Balaban J connectivity index is -0.00000312. The van der Waals surface area contributed by atoms with Crippen molar-refractivity contribution in [2.24, 2.45) is 0 Å². The number of esters is 4. The van der Waals surface area contributed by atoms with E-state index in [1.54, 1.807) is 0 Å². The molecule has 0 saturated heterocycles. The van der Waals surface area contributed by atoms with Gasteiger partial charge in [-0.05, 0) is 0 Å². The van der Waals surface area contributed by atoms with Crippen LogP contribution in [0.25, 0.3) is 0 Å². The Morgan fingerprint density at radius 1 is 0.607 bits per heavy atom. The number of hydrogen-bond donors (Lipinski definition) is 4. The molecule has 0 heterocycles. The minimum Gasteiger partial charge on any atom is -0.547 e. The first-order chi connectivity index (χ1) is 11.9. The minimum absolute atomic E-state index is 0. The third kappa shape index (κ3) is 11.2. The fourth-order valence-corrected chi connectivity index (χ4v) is 1.17. The second-order valence-corrected chi connectivity index (χ2v) is 4.50. The molecule has 0 aromatic carbocycles. The van der Waals surface area contributed by atoms with E-state index in [0.29, 0.717) is 0 Å². The molecule has 0 amide bonds. The van der Waals surface area contributed by atoms with Gasteiger partial charge in [-0.15, -0.1) is 0 Å². The number of ether oxygens (including phenoxy) is 2. The number of rotatable bonds is 9. The standard InChI is InChI=1S/C12H14O14.2Na/c13-3(25-11(23)7(17)5(15)9(19)20)1-2-4(14)26-12(24)8(18)6(16)10(21)22;;/h5-8,15-18H,1-2H2,(H,19,20)(H,21,22);;/q;2*+1/p-2. The molecule has 14 nitrogen and oxygen atoms in total. The van der Waals surface area contributed by atoms with Gasteiger partial charge >= 0.3 is 83.0 Å². The van der Waals surface area contributed by atoms with Crippen molar-refractivity contribution in [3.05, 3.63) is 0 Å². The van der Waals surface area contributed by atoms with Crippen LogP contribution in [0.3, 0.4) is 0 Å². The van der Waals surface area contributed by atoms with E-state index in [1.807, 2.05) is 0 Å². The average molecular weight is 426 g/mol. The number of aliphatic carboxylic acids is 2. The number of hydrogen-bond acceptors (Lipinski definition) is 14. The topological polar surface area (TPSA) is 248 Å². The van der Waals surface area contributed by atoms with Crippen LogP contribution in [-0.2, 0) is 38.2 Å². The SMILES string of the molecule is O=C(CCC(=O)OC(=O)C(O)C(O)C(=O)[O-])OC(=O)C(O)C(O)C(=O)[O-].[Na+].[Na+]. The second kappa shape index (κ2) is 15.0. The zero-order valence-electron chi connectivity index (χ0n) is 14.6. The number of carbonyl (C=O) groups is 6. The molecule has 4 atom stereocenters. The van der Waals surface area contributed by atoms with Gasteiger partial charge in [-0.2, -0.15) is 0 Å². The molecule has 4 N–H and O–H groups in total. The van der Waals surface area contributed by atoms with Crippen molar-refractivity contribution in [3.63, 3.8) is 0 Å². The van der Waals surface area contributed by atoms with Crippen LogP contribution < -0.4 is 69.3 Å². The molecule has 146 valence electrons. The summed E-state index contributed by atoms with van der Waals surface area (Å²) >= 11 is 0. The van der Waals surface area contributed by atoms with Crippen molar-refractivity contribution in [1.82, 2.24) is 0 Å². The van der Waals surface area contributed by atoms with Gasteiger partial charge in [-0.25, -0.2) is 9.59 Å². The maximum absolute atomic E-state index is 11.2. The number of carboxylic acid groups (broad SMARTS) is 2. The predicted molar refractivity (Wildman–Crippen MR) is 65.5 cm³/mol. The minimum atomic E-state index is -2.67. The summed E-state index contributed by atoms with van der Waals surface area (Å²) in [5, 5.41) is 56.1. The molecular weight excluding hydrogens is 414 g/mol. The second-order valence-electron chi connectivity index (χ2n) is 4.50. The smallest absolute Gasteiger partial charge is 0.547 e. The number of aliphatic hydroxyl groups is 4. The molecule has 0 saturated carbocycles. The van der Waals surface area contributed by atoms with Crippen molar-refractivity contribution >= 4 is 35.8 Å². The summed E-state index contributed by atoms with van der Waals surface area (Å²) in [4.78, 5) is 65.1. The first-order valence-electron chi connectivity index (χ1n) is 6.51. The summed E-state index contributed by atoms with van der Waals surface area (Å²) in [7, 11) is 0. The molecular formula is C12H12Na2O14. The predicted octanol–water partition coefficient (Wildman–Crippen LogP) is -13.1. The Labute approximate surface area is 200 Å². The van der Waals surface area contributed by atoms with E-state index in [9.17, 15) is 39.0 Å². The molecule has 0 radical (unpaired) electrons. The van der Waals surface area contributed by atoms with Crippen molar-refractivity contribution in [2.75, 3.05) is 0 Å². The van der Waals surface area contributed by atoms with Crippen molar-refractivity contribution in [1.29, 1.82) is 0 Å². The Bertz CT molecular complexity index is 553. The summed E-state index contributed by atoms with van der Waals surface area (Å²) < 4.78 is 7.82. The van der Waals surface area contributed by atoms with E-state index in [4.69, 9.17) is 20.4 Å². The van der Waals surface area contributed by atoms with Gasteiger partial charge in [0.25, 0.3) is 0 Å². The molecule has 0 rings (SSSR count). The Morgan fingerprint density at radius 2 is 0.857 bits per heavy atom. The van der Waals surface area contributed by atoms with Crippen LogP contribution in [-0.4, -0.2) is 80.7 Å². The first-order valence-corrected chi connectivity index (χ1v) is 6.51. The molecule has 0 fully saturated rings. The monoisotopic (exact) mass is 426 g/mol. The van der Waals surface area contributed by atoms with Crippen molar-refractivity contribution in [2.45, 2.75) is 37.3 Å². The van der Waals surface area contributed by atoms with Crippen LogP contribution >= 0.6 is 0 Å². The van der Waals surface area contributed by atoms with Gasteiger partial charge in [-0.3, -0.25) is 9.59 Å². The summed E-state index contributed by atoms with van der Waals surface area (Å²) in [5.41, 5.74) is 0. The normalized spacial score (nSPS) is 14.0. The van der Waals surface area contributed by atoms with Gasteiger partial charge in [-0.1, -0.05) is 0 Å². The third-order valence-corrected chi connectivity index (χ3v) is 2.53. The summed E-state index contributed by atoms with van der Waals surface area (Å²) in [5.74, 6) is -11.1. The molecule has 0 spiro atoms. The summed E-state index contributed by atoms with van der Waals surface area (Å²) in [6.07, 6.45) is -12.5. The van der Waals surface area contributed by atoms with Crippen LogP contribution in [0.5, 0.6) is 0 Å². The first kappa shape index (κ1) is 31.7. The Kier molecular flexibility index (Phi) is 17.0. The van der Waals surface area contributed by atoms with Gasteiger partial charge < -0.3 is 49.7 Å². The van der Waals surface area contributed by atoms with Crippen LogP contribution in [0.2, 0.25) is 0 Å². The van der Waals surface area contributed by atoms with Crippen molar-refractivity contribution in [3.8, 4) is 0 Å². The number of aliphatic hydroxyl groups excluding tert-OH is 4. The van der Waals surface area contributed by atoms with E-state index < -0.39 is 73.1 Å². The maximum Gasteiger partial charge on any atom is 1.00 e. The molecule has 4 unspecified atom stereocenters. The molecule has 0 aromatic heterocycles. The van der Waals surface area contributed by atoms with Gasteiger partial charge in [0.1, 0.15) is 12.2 Å². The van der Waals surface area contributed by atoms with Crippen LogP contribution in [0, 0.1) is 0 Å². The summed E-state index contributed by atoms with van der Waals surface area (Å²) in [6, 6.07) is 0. The molecule has 0 aliphatic rings. The van der Waals surface area contributed by atoms with Crippen molar-refractivity contribution < 1.29 is 128 Å². The van der Waals surface area contributed by atoms with Gasteiger partial charge in [0.05, 0.1) is 24.8 Å². The van der Waals surface area contributed by atoms with Gasteiger partial charge in [0, 0.05) is 0 Å². The fourth-order valence-electron chi connectivity index (χ4n) is 1.17. The third-order valence-electron chi connectivity index (χ3n) is 2.53. The molecule has 28 heavy (non-hydrogen) atoms. The van der Waals surface area contributed by atoms with Gasteiger partial charge in [0.2, 0.25) is 0 Å². The number of carbonyl (C=O) groups excluding carboxylic acids is 6. The molecule has 16 heteroatoms. The van der Waals surface area contributed by atoms with E-state index in [1.165, 1.54) is 0 Å². The quantitative estimate of drug-likeness (QED) is 0.152. The summed E-state index contributed by atoms with van der Waals surface area (Å²) in [6.45, 7) is 0. The zero-order valence-corrected chi connectivity index (χ0v) is 18.6. The van der Waals surface area contributed by atoms with E-state index in [0.717, 1.165) is 0 Å². The fraction of sp³-hybridized carbons (Fsp3) is 0.500. The Morgan fingerprint density at radius 3 is 1.07 bits per heavy atom. The molecule has 0 aliphatic heterocycles. The van der Waals surface area contributed by atoms with Crippen LogP contribution in [0.15, 0.2) is 0 Å². The number of carboxylic acids is 2. The average Bonchev–Trinajstić information content (AvgIpc) is 2.56. The Hall–Kier alpha value is -0.940.